The molecule has 0 aromatic heterocycles. The van der Waals surface area contributed by atoms with E-state index in [0.717, 1.165) is 6.42 Å². The predicted molar refractivity (Wildman–Crippen MR) is 56.1 cm³/mol. The van der Waals surface area contributed by atoms with Gasteiger partial charge in [0.2, 0.25) is 0 Å². The summed E-state index contributed by atoms with van der Waals surface area (Å²) >= 11 is -0.639. The highest BCUT2D eigenvalue weighted by Gasteiger charge is 1.74. The lowest BCUT2D eigenvalue weighted by molar-refractivity contribution is 0.813. The first-order chi connectivity index (χ1) is 5.33. The van der Waals surface area contributed by atoms with Crippen molar-refractivity contribution in [1.82, 2.24) is 0 Å². The Hall–Kier alpha value is 1.09. The van der Waals surface area contributed by atoms with Crippen molar-refractivity contribution >= 4 is 36.3 Å². The van der Waals surface area contributed by atoms with Gasteiger partial charge in [0, 0.05) is 0 Å². The maximum absolute atomic E-state index is 4.90. The molecule has 0 fully saturated rings. The van der Waals surface area contributed by atoms with E-state index >= 15 is 0 Å². The van der Waals surface area contributed by atoms with Crippen LogP contribution in [0, 0.1) is 6.92 Å². The van der Waals surface area contributed by atoms with Crippen LogP contribution >= 0.6 is 18.1 Å². The third kappa shape index (κ3) is 24.7. The van der Waals surface area contributed by atoms with Gasteiger partial charge in [0.25, 0.3) is 0 Å². The third-order valence-electron chi connectivity index (χ3n) is 1.06. The Morgan fingerprint density at radius 1 is 1.36 bits per heavy atom. The van der Waals surface area contributed by atoms with Crippen molar-refractivity contribution in [2.75, 3.05) is 0 Å². The second kappa shape index (κ2) is 17.2. The van der Waals surface area contributed by atoms with Crippen LogP contribution in [0.1, 0.15) is 32.6 Å². The summed E-state index contributed by atoms with van der Waals surface area (Å²) in [6, 6.07) is 0. The molecule has 0 aromatic carbocycles. The van der Waals surface area contributed by atoms with Gasteiger partial charge in [-0.25, -0.2) is 0 Å². The van der Waals surface area contributed by atoms with Gasteiger partial charge in [-0.15, -0.1) is 0 Å². The Morgan fingerprint density at radius 3 is 2.27 bits per heavy atom. The molecular weight excluding hydrogens is 191 g/mol. The fourth-order valence-corrected chi connectivity index (χ4v) is 0.558. The minimum atomic E-state index is -0.639. The molecule has 11 heavy (non-hydrogen) atoms. The number of hydrogen-bond acceptors (Lipinski definition) is 0. The lowest BCUT2D eigenvalue weighted by Crippen LogP contribution is -1.65. The molecule has 0 amide bonds. The quantitative estimate of drug-likeness (QED) is 0.371. The van der Waals surface area contributed by atoms with Crippen LogP contribution in [0.3, 0.4) is 0 Å². The van der Waals surface area contributed by atoms with E-state index in [2.05, 4.69) is 26.0 Å². The lowest BCUT2D eigenvalue weighted by Gasteiger charge is -1.85. The van der Waals surface area contributed by atoms with Crippen molar-refractivity contribution in [1.29, 1.82) is 0 Å². The number of halogens is 2. The summed E-state index contributed by atoms with van der Waals surface area (Å²) in [5.41, 5.74) is 0. The zero-order valence-corrected chi connectivity index (χ0v) is 10.1. The van der Waals surface area contributed by atoms with Crippen LogP contribution < -0.4 is 0 Å². The van der Waals surface area contributed by atoms with Crippen LogP contribution in [-0.2, 0) is 0 Å². The molecule has 0 rings (SSSR count). The standard InChI is InChI=1S/C8H15.2ClH.Mg/c1-3-5-7-8-6-4-2;;;/h5,7H,1,3-4,6,8H2,2H3;2*1H;/q;;;+2/p-2/b7-5-;;;. The van der Waals surface area contributed by atoms with Crippen LogP contribution in [0.15, 0.2) is 12.2 Å². The summed E-state index contributed by atoms with van der Waals surface area (Å²) < 4.78 is 0. The summed E-state index contributed by atoms with van der Waals surface area (Å²) in [5, 5.41) is 0. The summed E-state index contributed by atoms with van der Waals surface area (Å²) in [4.78, 5) is 0. The molecule has 3 heteroatoms. The van der Waals surface area contributed by atoms with Gasteiger partial charge < -0.3 is 18.1 Å². The molecule has 0 aliphatic rings. The molecule has 0 aliphatic carbocycles. The average molecular weight is 206 g/mol. The van der Waals surface area contributed by atoms with Crippen molar-refractivity contribution < 1.29 is 0 Å². The van der Waals surface area contributed by atoms with Crippen LogP contribution in [0.25, 0.3) is 0 Å². The highest BCUT2D eigenvalue weighted by molar-refractivity contribution is 7.22. The zero-order valence-electron chi connectivity index (χ0n) is 7.15. The van der Waals surface area contributed by atoms with Crippen molar-refractivity contribution in [2.24, 2.45) is 0 Å². The van der Waals surface area contributed by atoms with Gasteiger partial charge in [0.15, 0.2) is 0 Å². The Labute approximate surface area is 87.6 Å². The molecule has 0 spiro atoms. The van der Waals surface area contributed by atoms with Crippen LogP contribution in [-0.4, -0.2) is 18.2 Å². The molecule has 0 N–H and O–H groups in total. The Kier molecular flexibility index (Phi) is 22.9. The molecule has 0 aromatic rings. The maximum atomic E-state index is 4.90. The third-order valence-corrected chi connectivity index (χ3v) is 1.06. The minimum Gasteiger partial charge on any atom is -0.309 e. The van der Waals surface area contributed by atoms with Gasteiger partial charge in [0.1, 0.15) is 0 Å². The zero-order chi connectivity index (χ0) is 8.95. The fraction of sp³-hybridized carbons (Fsp3) is 0.625. The fourth-order valence-electron chi connectivity index (χ4n) is 0.558. The first-order valence-corrected chi connectivity index (χ1v) is 8.17. The summed E-state index contributed by atoms with van der Waals surface area (Å²) in [5.74, 6) is 0. The van der Waals surface area contributed by atoms with Crippen LogP contribution in [0.4, 0.5) is 0 Å². The maximum Gasteiger partial charge on any atom is 0.618 e. The van der Waals surface area contributed by atoms with E-state index in [-0.39, 0.29) is 0 Å². The van der Waals surface area contributed by atoms with Gasteiger partial charge in [-0.2, -0.15) is 0 Å². The minimum absolute atomic E-state index is 0.639. The number of rotatable bonds is 4. The van der Waals surface area contributed by atoms with Crippen LogP contribution in [0.2, 0.25) is 0 Å². The second-order valence-electron chi connectivity index (χ2n) is 2.00. The van der Waals surface area contributed by atoms with Gasteiger partial charge in [-0.1, -0.05) is 31.9 Å². The van der Waals surface area contributed by atoms with Crippen molar-refractivity contribution in [3.63, 3.8) is 0 Å². The normalized spacial score (nSPS) is 8.73. The Balaban J connectivity index is 0. The van der Waals surface area contributed by atoms with E-state index in [4.69, 9.17) is 18.1 Å². The highest BCUT2D eigenvalue weighted by atomic mass is 35.6. The Morgan fingerprint density at radius 2 is 1.91 bits per heavy atom. The molecule has 0 aliphatic heterocycles. The first kappa shape index (κ1) is 14.6. The highest BCUT2D eigenvalue weighted by Crippen LogP contribution is 1.94. The van der Waals surface area contributed by atoms with Crippen LogP contribution in [0.5, 0.6) is 0 Å². The van der Waals surface area contributed by atoms with Gasteiger partial charge in [-0.05, 0) is 19.8 Å². The van der Waals surface area contributed by atoms with E-state index in [1.54, 1.807) is 0 Å². The number of allylic oxidation sites excluding steroid dienone is 2. The van der Waals surface area contributed by atoms with E-state index in [9.17, 15) is 0 Å². The molecule has 0 heterocycles. The number of unbranched alkanes of at least 4 members (excludes halogenated alkanes) is 2. The van der Waals surface area contributed by atoms with Crippen molar-refractivity contribution in [2.45, 2.75) is 32.6 Å². The van der Waals surface area contributed by atoms with Gasteiger partial charge in [0.05, 0.1) is 0 Å². The average Bonchev–Trinajstić information content (AvgIpc) is 2.00. The topological polar surface area (TPSA) is 0 Å². The van der Waals surface area contributed by atoms with Crippen molar-refractivity contribution in [3.05, 3.63) is 19.1 Å². The van der Waals surface area contributed by atoms with E-state index < -0.39 is 18.2 Å². The molecule has 0 unspecified atom stereocenters. The molecule has 63 valence electrons. The van der Waals surface area contributed by atoms with E-state index in [1.165, 1.54) is 19.3 Å². The summed E-state index contributed by atoms with van der Waals surface area (Å²) in [7, 11) is 9.81. The summed E-state index contributed by atoms with van der Waals surface area (Å²) in [6.45, 7) is 5.90. The molecule has 1 radical (unpaired) electrons. The molecular formula is C8H15Cl2Mg. The van der Waals surface area contributed by atoms with Gasteiger partial charge in [-0.3, -0.25) is 0 Å². The SMILES string of the molecule is [CH2]C/C=C\CCCC.[Cl][Mg][Cl]. The molecule has 0 saturated heterocycles. The largest absolute Gasteiger partial charge is 0.618 e. The lowest BCUT2D eigenvalue weighted by atomic mass is 10.2. The van der Waals surface area contributed by atoms with E-state index in [1.807, 2.05) is 0 Å². The molecule has 0 nitrogen and oxygen atoms in total. The molecule has 0 saturated carbocycles. The van der Waals surface area contributed by atoms with Crippen molar-refractivity contribution in [3.8, 4) is 0 Å². The van der Waals surface area contributed by atoms with E-state index in [0.29, 0.717) is 0 Å². The summed E-state index contributed by atoms with van der Waals surface area (Å²) in [6.07, 6.45) is 9.10. The molecule has 0 bridgehead atoms. The number of hydrogen-bond donors (Lipinski definition) is 0. The molecule has 0 atom stereocenters. The smallest absolute Gasteiger partial charge is 0.309 e. The Bertz CT molecular complexity index is 74.5. The monoisotopic (exact) mass is 205 g/mol. The predicted octanol–water partition coefficient (Wildman–Crippen LogP) is 3.96. The first-order valence-electron chi connectivity index (χ1n) is 3.89. The van der Waals surface area contributed by atoms with Gasteiger partial charge >= 0.3 is 18.2 Å². The second-order valence-corrected chi connectivity index (χ2v) is 4.63.